The van der Waals surface area contributed by atoms with Crippen molar-refractivity contribution in [2.45, 2.75) is 13.8 Å². The van der Waals surface area contributed by atoms with Crippen LogP contribution in [-0.2, 0) is 0 Å². The van der Waals surface area contributed by atoms with Gasteiger partial charge in [0.15, 0.2) is 0 Å². The van der Waals surface area contributed by atoms with Crippen molar-refractivity contribution in [3.63, 3.8) is 0 Å². The van der Waals surface area contributed by atoms with Crippen molar-refractivity contribution in [2.75, 3.05) is 13.1 Å². The standard InChI is InChI=1S/C4H11N3.Na/c1-3-7(4-2)6-5;/h5H,3-4H2,1-2H3;/q;+1. The molecule has 1 N–H and O–H groups in total. The molecule has 0 aromatic rings. The first kappa shape index (κ1) is 11.2. The minimum absolute atomic E-state index is 0. The number of nitrogens with zero attached hydrogens (tertiary/aromatic N) is 2. The van der Waals surface area contributed by atoms with Gasteiger partial charge < -0.3 is 0 Å². The Morgan fingerprint density at radius 3 is 1.75 bits per heavy atom. The predicted octanol–water partition coefficient (Wildman–Crippen LogP) is -1.72. The van der Waals surface area contributed by atoms with E-state index in [-0.39, 0.29) is 29.6 Å². The largest absolute Gasteiger partial charge is 1.00 e. The van der Waals surface area contributed by atoms with Crippen molar-refractivity contribution in [1.29, 1.82) is 5.53 Å². The Morgan fingerprint density at radius 2 is 1.75 bits per heavy atom. The molecule has 0 bridgehead atoms. The molecule has 0 saturated heterocycles. The average Bonchev–Trinajstić information content (AvgIpc) is 1.72. The Balaban J connectivity index is 0. The topological polar surface area (TPSA) is 39.5 Å². The van der Waals surface area contributed by atoms with Crippen molar-refractivity contribution in [2.24, 2.45) is 5.22 Å². The third kappa shape index (κ3) is 4.56. The molecule has 8 heavy (non-hydrogen) atoms. The van der Waals surface area contributed by atoms with Crippen LogP contribution in [0.1, 0.15) is 13.8 Å². The zero-order valence-electron chi connectivity index (χ0n) is 5.81. The molecule has 3 nitrogen and oxygen atoms in total. The summed E-state index contributed by atoms with van der Waals surface area (Å²) in [5.41, 5.74) is 6.51. The van der Waals surface area contributed by atoms with Crippen LogP contribution in [0, 0.1) is 5.53 Å². The van der Waals surface area contributed by atoms with Crippen molar-refractivity contribution < 1.29 is 29.6 Å². The first-order chi connectivity index (χ1) is 3.35. The summed E-state index contributed by atoms with van der Waals surface area (Å²) in [6.07, 6.45) is 0. The van der Waals surface area contributed by atoms with Gasteiger partial charge in [0.1, 0.15) is 0 Å². The summed E-state index contributed by atoms with van der Waals surface area (Å²) in [6.45, 7) is 5.61. The molecule has 0 unspecified atom stereocenters. The van der Waals surface area contributed by atoms with Crippen LogP contribution in [0.5, 0.6) is 0 Å². The third-order valence-electron chi connectivity index (χ3n) is 0.871. The van der Waals surface area contributed by atoms with E-state index in [0.717, 1.165) is 13.1 Å². The second kappa shape index (κ2) is 7.40. The van der Waals surface area contributed by atoms with Gasteiger partial charge in [0.2, 0.25) is 0 Å². The summed E-state index contributed by atoms with van der Waals surface area (Å²) in [4.78, 5) is 0. The maximum atomic E-state index is 6.51. The molecule has 0 radical (unpaired) electrons. The summed E-state index contributed by atoms with van der Waals surface area (Å²) in [5, 5.41) is 4.88. The monoisotopic (exact) mass is 124 g/mol. The van der Waals surface area contributed by atoms with Crippen molar-refractivity contribution >= 4 is 0 Å². The molecule has 42 valence electrons. The average molecular weight is 124 g/mol. The van der Waals surface area contributed by atoms with Gasteiger partial charge in [-0.2, -0.15) is 5.53 Å². The van der Waals surface area contributed by atoms with Crippen LogP contribution in [0.4, 0.5) is 0 Å². The molecule has 0 amide bonds. The SMILES string of the molecule is CCN(CC)N=N.[Na+]. The van der Waals surface area contributed by atoms with Crippen LogP contribution < -0.4 is 29.6 Å². The van der Waals surface area contributed by atoms with Crippen molar-refractivity contribution in [3.05, 3.63) is 0 Å². The Bertz CT molecular complexity index is 53.2. The minimum Gasteiger partial charge on any atom is -0.280 e. The van der Waals surface area contributed by atoms with E-state index in [4.69, 9.17) is 5.53 Å². The molecular formula is C4H11N3Na+. The molecule has 0 aliphatic rings. The molecule has 0 saturated carbocycles. The van der Waals surface area contributed by atoms with Crippen LogP contribution in [0.3, 0.4) is 0 Å². The Labute approximate surface area is 72.2 Å². The van der Waals surface area contributed by atoms with Crippen molar-refractivity contribution in [3.8, 4) is 0 Å². The Kier molecular flexibility index (Phi) is 10.4. The number of hydrogen-bond acceptors (Lipinski definition) is 2. The van der Waals surface area contributed by atoms with E-state index in [2.05, 4.69) is 5.22 Å². The van der Waals surface area contributed by atoms with Gasteiger partial charge in [-0.05, 0) is 13.8 Å². The summed E-state index contributed by atoms with van der Waals surface area (Å²) < 4.78 is 0. The van der Waals surface area contributed by atoms with E-state index in [1.807, 2.05) is 13.8 Å². The molecule has 0 aromatic heterocycles. The number of nitrogens with one attached hydrogen (secondary N) is 1. The van der Waals surface area contributed by atoms with Gasteiger partial charge in [-0.25, -0.2) is 0 Å². The second-order valence-electron chi connectivity index (χ2n) is 1.24. The van der Waals surface area contributed by atoms with Crippen LogP contribution in [0.2, 0.25) is 0 Å². The minimum atomic E-state index is 0. The molecule has 0 spiro atoms. The first-order valence-electron chi connectivity index (χ1n) is 2.47. The molecule has 0 aromatic carbocycles. The van der Waals surface area contributed by atoms with E-state index < -0.39 is 0 Å². The van der Waals surface area contributed by atoms with Crippen molar-refractivity contribution in [1.82, 2.24) is 5.01 Å². The molecule has 4 heteroatoms. The van der Waals surface area contributed by atoms with Gasteiger partial charge in [0.25, 0.3) is 0 Å². The van der Waals surface area contributed by atoms with E-state index in [9.17, 15) is 0 Å². The van der Waals surface area contributed by atoms with Gasteiger partial charge in [-0.15, -0.1) is 0 Å². The van der Waals surface area contributed by atoms with Gasteiger partial charge in [-0.1, -0.05) is 5.22 Å². The van der Waals surface area contributed by atoms with Gasteiger partial charge >= 0.3 is 29.6 Å². The van der Waals surface area contributed by atoms with Crippen LogP contribution >= 0.6 is 0 Å². The molecular weight excluding hydrogens is 113 g/mol. The molecule has 0 aliphatic heterocycles. The molecule has 0 atom stereocenters. The van der Waals surface area contributed by atoms with E-state index in [1.165, 1.54) is 0 Å². The van der Waals surface area contributed by atoms with Crippen LogP contribution in [0.15, 0.2) is 5.22 Å². The Morgan fingerprint density at radius 1 is 1.38 bits per heavy atom. The fourth-order valence-corrected chi connectivity index (χ4v) is 0.365. The van der Waals surface area contributed by atoms with Gasteiger partial charge in [-0.3, -0.25) is 5.01 Å². The summed E-state index contributed by atoms with van der Waals surface area (Å²) in [7, 11) is 0. The zero-order chi connectivity index (χ0) is 5.70. The number of hydrogen-bond donors (Lipinski definition) is 1. The smallest absolute Gasteiger partial charge is 0.280 e. The van der Waals surface area contributed by atoms with E-state index in [0.29, 0.717) is 0 Å². The predicted molar refractivity (Wildman–Crippen MR) is 28.1 cm³/mol. The summed E-state index contributed by atoms with van der Waals surface area (Å²) >= 11 is 0. The molecule has 0 aliphatic carbocycles. The fourth-order valence-electron chi connectivity index (χ4n) is 0.365. The number of rotatable bonds is 3. The van der Waals surface area contributed by atoms with E-state index in [1.54, 1.807) is 5.01 Å². The maximum absolute atomic E-state index is 6.51. The molecule has 0 fully saturated rings. The summed E-state index contributed by atoms with van der Waals surface area (Å²) in [6, 6.07) is 0. The zero-order valence-corrected chi connectivity index (χ0v) is 7.81. The quantitative estimate of drug-likeness (QED) is 0.271. The van der Waals surface area contributed by atoms with E-state index >= 15 is 0 Å². The summed E-state index contributed by atoms with van der Waals surface area (Å²) in [5.74, 6) is 0. The van der Waals surface area contributed by atoms with Gasteiger partial charge in [0.05, 0.1) is 0 Å². The van der Waals surface area contributed by atoms with Gasteiger partial charge in [0, 0.05) is 13.1 Å². The normalized spacial score (nSPS) is 7.25. The Hall–Kier alpha value is 0.400. The second-order valence-corrected chi connectivity index (χ2v) is 1.24. The first-order valence-corrected chi connectivity index (χ1v) is 2.47. The fraction of sp³-hybridized carbons (Fsp3) is 1.00. The third-order valence-corrected chi connectivity index (χ3v) is 0.871. The molecule has 0 heterocycles. The maximum Gasteiger partial charge on any atom is 1.00 e. The van der Waals surface area contributed by atoms with Crippen LogP contribution in [0.25, 0.3) is 0 Å². The van der Waals surface area contributed by atoms with Crippen LogP contribution in [-0.4, -0.2) is 18.1 Å². The molecule has 0 rings (SSSR count).